The minimum absolute atomic E-state index is 0.0547. The fourth-order valence-corrected chi connectivity index (χ4v) is 3.91. The van der Waals surface area contributed by atoms with Gasteiger partial charge in [0.15, 0.2) is 5.96 Å². The second-order valence-corrected chi connectivity index (χ2v) is 7.25. The third kappa shape index (κ3) is 4.18. The van der Waals surface area contributed by atoms with Crippen LogP contribution < -0.4 is 15.5 Å². The Morgan fingerprint density at radius 1 is 1.17 bits per heavy atom. The molecule has 2 aromatic carbocycles. The number of aromatic amines is 1. The van der Waals surface area contributed by atoms with Gasteiger partial charge in [0.05, 0.1) is 0 Å². The first-order chi connectivity index (χ1) is 14.2. The summed E-state index contributed by atoms with van der Waals surface area (Å²) < 4.78 is 28.1. The topological polar surface area (TPSA) is 55.5 Å². The predicted molar refractivity (Wildman–Crippen MR) is 113 cm³/mol. The number of H-pyrrole nitrogens is 1. The summed E-state index contributed by atoms with van der Waals surface area (Å²) in [6.07, 6.45) is 3.69. The number of anilines is 1. The first-order valence-corrected chi connectivity index (χ1v) is 9.87. The quantitative estimate of drug-likeness (QED) is 0.457. The third-order valence-corrected chi connectivity index (χ3v) is 5.37. The highest BCUT2D eigenvalue weighted by atomic mass is 19.1. The van der Waals surface area contributed by atoms with E-state index in [2.05, 4.69) is 32.7 Å². The molecule has 152 valence electrons. The normalized spacial score (nSPS) is 17.1. The average Bonchev–Trinajstić information content (AvgIpc) is 3.34. The summed E-state index contributed by atoms with van der Waals surface area (Å²) in [6.45, 7) is 1.86. The monoisotopic (exact) mass is 397 g/mol. The van der Waals surface area contributed by atoms with Crippen LogP contribution in [0.2, 0.25) is 0 Å². The fraction of sp³-hybridized carbons (Fsp3) is 0.318. The van der Waals surface area contributed by atoms with Crippen molar-refractivity contribution in [2.45, 2.75) is 18.9 Å². The van der Waals surface area contributed by atoms with Crippen molar-refractivity contribution in [2.75, 3.05) is 31.6 Å². The summed E-state index contributed by atoms with van der Waals surface area (Å²) in [6, 6.07) is 12.3. The molecule has 1 aromatic heterocycles. The molecule has 7 heteroatoms. The Morgan fingerprint density at radius 3 is 2.76 bits per heavy atom. The minimum Gasteiger partial charge on any atom is -0.365 e. The minimum atomic E-state index is -0.521. The van der Waals surface area contributed by atoms with Gasteiger partial charge in [0.1, 0.15) is 17.3 Å². The van der Waals surface area contributed by atoms with Crippen LogP contribution in [0, 0.1) is 11.6 Å². The molecule has 29 heavy (non-hydrogen) atoms. The van der Waals surface area contributed by atoms with E-state index in [1.165, 1.54) is 29.1 Å². The predicted octanol–water partition coefficient (Wildman–Crippen LogP) is 3.43. The molecule has 1 aliphatic heterocycles. The molecule has 1 unspecified atom stereocenters. The van der Waals surface area contributed by atoms with Crippen LogP contribution in [-0.2, 0) is 6.42 Å². The summed E-state index contributed by atoms with van der Waals surface area (Å²) in [7, 11) is 1.73. The van der Waals surface area contributed by atoms with Crippen molar-refractivity contribution in [3.05, 3.63) is 65.9 Å². The molecule has 0 spiro atoms. The Balaban J connectivity index is 1.31. The van der Waals surface area contributed by atoms with E-state index < -0.39 is 11.6 Å². The van der Waals surface area contributed by atoms with E-state index in [1.807, 2.05) is 18.3 Å². The van der Waals surface area contributed by atoms with E-state index in [1.54, 1.807) is 11.9 Å². The van der Waals surface area contributed by atoms with Crippen LogP contribution in [0.4, 0.5) is 14.5 Å². The standard InChI is InChI=1S/C22H25F2N5/c1-25-22(26-11-9-15-13-27-20-8-3-2-5-17(15)20)28-16-10-12-29(14-16)21-18(23)6-4-7-19(21)24/h2-8,13,16,27H,9-12,14H2,1H3,(H2,25,26,28). The lowest BCUT2D eigenvalue weighted by Gasteiger charge is -2.21. The molecule has 3 aromatic rings. The Kier molecular flexibility index (Phi) is 5.64. The SMILES string of the molecule is CN=C(NCCc1c[nH]c2ccccc12)NC1CCN(c2c(F)cccc2F)C1. The van der Waals surface area contributed by atoms with Crippen LogP contribution in [-0.4, -0.2) is 43.7 Å². The molecule has 0 aliphatic carbocycles. The number of halogens is 2. The van der Waals surface area contributed by atoms with E-state index in [-0.39, 0.29) is 11.7 Å². The van der Waals surface area contributed by atoms with Gasteiger partial charge in [0.2, 0.25) is 0 Å². The summed E-state index contributed by atoms with van der Waals surface area (Å²) in [5.41, 5.74) is 2.45. The van der Waals surface area contributed by atoms with Crippen molar-refractivity contribution >= 4 is 22.5 Å². The summed E-state index contributed by atoms with van der Waals surface area (Å²) in [5, 5.41) is 7.93. The van der Waals surface area contributed by atoms with Gasteiger partial charge in [-0.15, -0.1) is 0 Å². The van der Waals surface area contributed by atoms with Crippen LogP contribution in [0.5, 0.6) is 0 Å². The van der Waals surface area contributed by atoms with Gasteiger partial charge in [0.25, 0.3) is 0 Å². The molecule has 0 radical (unpaired) electrons. The molecular weight excluding hydrogens is 372 g/mol. The van der Waals surface area contributed by atoms with Crippen LogP contribution in [0.25, 0.3) is 10.9 Å². The second kappa shape index (κ2) is 8.51. The van der Waals surface area contributed by atoms with Crippen LogP contribution >= 0.6 is 0 Å². The first kappa shape index (κ1) is 19.2. The zero-order valence-electron chi connectivity index (χ0n) is 16.4. The van der Waals surface area contributed by atoms with Crippen LogP contribution in [0.3, 0.4) is 0 Å². The number of aromatic nitrogens is 1. The molecule has 0 amide bonds. The Bertz CT molecular complexity index is 993. The number of hydrogen-bond acceptors (Lipinski definition) is 2. The maximum absolute atomic E-state index is 14.0. The smallest absolute Gasteiger partial charge is 0.191 e. The van der Waals surface area contributed by atoms with Gasteiger partial charge in [-0.05, 0) is 36.6 Å². The number of benzene rings is 2. The summed E-state index contributed by atoms with van der Waals surface area (Å²) >= 11 is 0. The van der Waals surface area contributed by atoms with Crippen LogP contribution in [0.1, 0.15) is 12.0 Å². The zero-order valence-corrected chi connectivity index (χ0v) is 16.4. The van der Waals surface area contributed by atoms with Gasteiger partial charge < -0.3 is 20.5 Å². The largest absolute Gasteiger partial charge is 0.365 e. The number of nitrogens with zero attached hydrogens (tertiary/aromatic N) is 2. The Morgan fingerprint density at radius 2 is 1.97 bits per heavy atom. The summed E-state index contributed by atoms with van der Waals surface area (Å²) in [5.74, 6) is -0.343. The van der Waals surface area contributed by atoms with E-state index in [9.17, 15) is 8.78 Å². The zero-order chi connectivity index (χ0) is 20.2. The average molecular weight is 397 g/mol. The maximum atomic E-state index is 14.0. The molecule has 5 nitrogen and oxygen atoms in total. The van der Waals surface area contributed by atoms with E-state index in [4.69, 9.17) is 0 Å². The molecule has 4 rings (SSSR count). The highest BCUT2D eigenvalue weighted by Gasteiger charge is 2.27. The van der Waals surface area contributed by atoms with Crippen molar-refractivity contribution in [1.29, 1.82) is 0 Å². The molecule has 0 bridgehead atoms. The molecule has 1 saturated heterocycles. The lowest BCUT2D eigenvalue weighted by atomic mass is 10.1. The molecule has 1 atom stereocenters. The molecular formula is C22H25F2N5. The number of guanidine groups is 1. The van der Waals surface area contributed by atoms with Gasteiger partial charge in [-0.3, -0.25) is 4.99 Å². The number of para-hydroxylation sites is 2. The molecule has 1 fully saturated rings. The van der Waals surface area contributed by atoms with Crippen molar-refractivity contribution in [3.63, 3.8) is 0 Å². The summed E-state index contributed by atoms with van der Waals surface area (Å²) in [4.78, 5) is 9.33. The van der Waals surface area contributed by atoms with Crippen LogP contribution in [0.15, 0.2) is 53.7 Å². The van der Waals surface area contributed by atoms with Gasteiger partial charge in [-0.2, -0.15) is 0 Å². The first-order valence-electron chi connectivity index (χ1n) is 9.87. The van der Waals surface area contributed by atoms with Gasteiger partial charge >= 0.3 is 0 Å². The molecule has 3 N–H and O–H groups in total. The highest BCUT2D eigenvalue weighted by molar-refractivity contribution is 5.83. The lowest BCUT2D eigenvalue weighted by molar-refractivity contribution is 0.576. The van der Waals surface area contributed by atoms with E-state index >= 15 is 0 Å². The van der Waals surface area contributed by atoms with Gasteiger partial charge in [0, 0.05) is 49.8 Å². The Hall–Kier alpha value is -3.09. The number of hydrogen-bond donors (Lipinski definition) is 3. The third-order valence-electron chi connectivity index (χ3n) is 5.37. The lowest BCUT2D eigenvalue weighted by Crippen LogP contribution is -2.45. The number of rotatable bonds is 5. The van der Waals surface area contributed by atoms with Crippen molar-refractivity contribution < 1.29 is 8.78 Å². The van der Waals surface area contributed by atoms with Crippen molar-refractivity contribution in [1.82, 2.24) is 15.6 Å². The van der Waals surface area contributed by atoms with Crippen molar-refractivity contribution in [2.24, 2.45) is 4.99 Å². The fourth-order valence-electron chi connectivity index (χ4n) is 3.91. The highest BCUT2D eigenvalue weighted by Crippen LogP contribution is 2.26. The van der Waals surface area contributed by atoms with Crippen molar-refractivity contribution in [3.8, 4) is 0 Å². The van der Waals surface area contributed by atoms with Gasteiger partial charge in [-0.1, -0.05) is 24.3 Å². The van der Waals surface area contributed by atoms with Gasteiger partial charge in [-0.25, -0.2) is 8.78 Å². The number of nitrogens with one attached hydrogen (secondary N) is 3. The number of fused-ring (bicyclic) bond motifs is 1. The molecule has 0 saturated carbocycles. The number of aliphatic imine (C=N–C) groups is 1. The molecule has 1 aliphatic rings. The second-order valence-electron chi connectivity index (χ2n) is 7.25. The van der Waals surface area contributed by atoms with E-state index in [0.717, 1.165) is 24.9 Å². The molecule has 2 heterocycles. The van der Waals surface area contributed by atoms with E-state index in [0.29, 0.717) is 19.0 Å². The Labute approximate surface area is 168 Å². The maximum Gasteiger partial charge on any atom is 0.191 e.